The number of phosphoric ester groups is 1. The summed E-state index contributed by atoms with van der Waals surface area (Å²) in [4.78, 5) is 21.0. The molecule has 0 atom stereocenters. The molecule has 118 valence electrons. The third kappa shape index (κ3) is 9.97. The first kappa shape index (κ1) is 19.1. The molecule has 1 N–H and O–H groups in total. The first-order valence-electron chi connectivity index (χ1n) is 6.31. The van der Waals surface area contributed by atoms with Crippen LogP contribution in [0.2, 0.25) is 0 Å². The lowest BCUT2D eigenvalue weighted by molar-refractivity contribution is -0.220. The highest BCUT2D eigenvalue weighted by molar-refractivity contribution is 7.45. The number of carbonyl (C=O) groups excluding carboxylic acids is 1. The highest BCUT2D eigenvalue weighted by atomic mass is 31.2. The zero-order valence-electron chi connectivity index (χ0n) is 12.0. The van der Waals surface area contributed by atoms with Crippen LogP contribution in [0.25, 0.3) is 0 Å². The molecule has 1 saturated carbocycles. The summed E-state index contributed by atoms with van der Waals surface area (Å²) in [7, 11) is -1.83. The van der Waals surface area contributed by atoms with Gasteiger partial charge in [0.2, 0.25) is 0 Å². The Bertz CT molecular complexity index is 349. The van der Waals surface area contributed by atoms with E-state index in [4.69, 9.17) is 9.84 Å². The summed E-state index contributed by atoms with van der Waals surface area (Å²) in [5.74, 6) is -0.423. The monoisotopic (exact) mass is 309 g/mol. The summed E-state index contributed by atoms with van der Waals surface area (Å²) in [5, 5.41) is 8.81. The molecule has 0 amide bonds. The summed E-state index contributed by atoms with van der Waals surface area (Å²) in [6.45, 7) is 1.46. The van der Waals surface area contributed by atoms with Crippen molar-refractivity contribution < 1.29 is 33.1 Å². The third-order valence-corrected chi connectivity index (χ3v) is 3.50. The number of aliphatic hydroxyl groups excluding tert-OH is 1. The maximum absolute atomic E-state index is 11.1. The van der Waals surface area contributed by atoms with Gasteiger partial charge in [0, 0.05) is 14.2 Å². The summed E-state index contributed by atoms with van der Waals surface area (Å²) in [6.07, 6.45) is 6.63. The SMILES string of the molecule is C/C(O)=C/C(=O)OC1CCCCC1.COP(=O)([O-])OC. The number of esters is 1. The van der Waals surface area contributed by atoms with Gasteiger partial charge in [0.15, 0.2) is 0 Å². The van der Waals surface area contributed by atoms with Crippen molar-refractivity contribution in [1.29, 1.82) is 0 Å². The molecule has 1 fully saturated rings. The summed E-state index contributed by atoms with van der Waals surface area (Å²) in [5.41, 5.74) is 0. The van der Waals surface area contributed by atoms with Crippen molar-refractivity contribution in [1.82, 2.24) is 0 Å². The topological polar surface area (TPSA) is 105 Å². The Balaban J connectivity index is 0.000000441. The van der Waals surface area contributed by atoms with Crippen LogP contribution in [0.3, 0.4) is 0 Å². The summed E-state index contributed by atoms with van der Waals surface area (Å²) >= 11 is 0. The van der Waals surface area contributed by atoms with E-state index in [1.165, 1.54) is 13.3 Å². The van der Waals surface area contributed by atoms with Gasteiger partial charge in [-0.25, -0.2) is 4.79 Å². The maximum atomic E-state index is 11.1. The van der Waals surface area contributed by atoms with Crippen molar-refractivity contribution in [2.45, 2.75) is 45.1 Å². The van der Waals surface area contributed by atoms with E-state index < -0.39 is 13.8 Å². The fraction of sp³-hybridized carbons (Fsp3) is 0.750. The van der Waals surface area contributed by atoms with Gasteiger partial charge in [0.1, 0.15) is 6.10 Å². The van der Waals surface area contributed by atoms with Gasteiger partial charge in [-0.2, -0.15) is 0 Å². The molecular formula is C12H22O7P-. The average Bonchev–Trinajstić information content (AvgIpc) is 2.39. The van der Waals surface area contributed by atoms with E-state index in [0.29, 0.717) is 0 Å². The van der Waals surface area contributed by atoms with Gasteiger partial charge in [-0.3, -0.25) is 4.57 Å². The lowest BCUT2D eigenvalue weighted by Gasteiger charge is -2.20. The molecule has 1 aliphatic rings. The van der Waals surface area contributed by atoms with E-state index in [1.807, 2.05) is 0 Å². The minimum atomic E-state index is -3.90. The summed E-state index contributed by atoms with van der Waals surface area (Å²) in [6, 6.07) is 0. The molecule has 0 radical (unpaired) electrons. The van der Waals surface area contributed by atoms with Crippen LogP contribution in [0.4, 0.5) is 0 Å². The fourth-order valence-corrected chi connectivity index (χ4v) is 1.78. The molecule has 1 aliphatic carbocycles. The van der Waals surface area contributed by atoms with Gasteiger partial charge in [0.05, 0.1) is 11.8 Å². The number of aliphatic hydroxyl groups is 1. The maximum Gasteiger partial charge on any atom is 0.334 e. The molecule has 1 rings (SSSR count). The molecular weight excluding hydrogens is 287 g/mol. The molecule has 0 aromatic rings. The first-order valence-corrected chi connectivity index (χ1v) is 7.77. The molecule has 0 unspecified atom stereocenters. The molecule has 20 heavy (non-hydrogen) atoms. The Morgan fingerprint density at radius 3 is 2.10 bits per heavy atom. The average molecular weight is 309 g/mol. The minimum Gasteiger partial charge on any atom is -0.756 e. The third-order valence-electron chi connectivity index (χ3n) is 2.61. The van der Waals surface area contributed by atoms with E-state index >= 15 is 0 Å². The van der Waals surface area contributed by atoms with E-state index in [-0.39, 0.29) is 11.9 Å². The number of ether oxygens (including phenoxy) is 1. The number of carbonyl (C=O) groups is 1. The smallest absolute Gasteiger partial charge is 0.334 e. The Labute approximate surface area is 119 Å². The Kier molecular flexibility index (Phi) is 9.50. The second-order valence-corrected chi connectivity index (χ2v) is 5.92. The van der Waals surface area contributed by atoms with Gasteiger partial charge < -0.3 is 23.8 Å². The molecule has 0 aromatic carbocycles. The lowest BCUT2D eigenvalue weighted by atomic mass is 9.98. The molecule has 0 heterocycles. The zero-order chi connectivity index (χ0) is 15.6. The van der Waals surface area contributed by atoms with Crippen LogP contribution in [0.5, 0.6) is 0 Å². The van der Waals surface area contributed by atoms with Crippen molar-refractivity contribution >= 4 is 13.8 Å². The highest BCUT2D eigenvalue weighted by Crippen LogP contribution is 2.34. The number of hydrogen-bond acceptors (Lipinski definition) is 7. The van der Waals surface area contributed by atoms with E-state index in [9.17, 15) is 14.3 Å². The normalized spacial score (nSPS) is 17.1. The van der Waals surface area contributed by atoms with Crippen LogP contribution >= 0.6 is 7.82 Å². The van der Waals surface area contributed by atoms with Gasteiger partial charge in [-0.05, 0) is 32.6 Å². The van der Waals surface area contributed by atoms with Crippen molar-refractivity contribution in [2.75, 3.05) is 14.2 Å². The van der Waals surface area contributed by atoms with E-state index in [0.717, 1.165) is 46.0 Å². The molecule has 8 heteroatoms. The molecule has 0 aromatic heterocycles. The van der Waals surface area contributed by atoms with Crippen LogP contribution in [0.1, 0.15) is 39.0 Å². The van der Waals surface area contributed by atoms with Crippen LogP contribution in [-0.4, -0.2) is 31.4 Å². The quantitative estimate of drug-likeness (QED) is 0.367. The number of rotatable bonds is 4. The fourth-order valence-electron chi connectivity index (χ4n) is 1.63. The molecule has 0 aliphatic heterocycles. The Hall–Kier alpha value is -0.880. The van der Waals surface area contributed by atoms with E-state index in [2.05, 4.69) is 9.05 Å². The second kappa shape index (κ2) is 9.94. The number of phosphoric acid groups is 1. The number of hydrogen-bond donors (Lipinski definition) is 1. The second-order valence-electron chi connectivity index (χ2n) is 4.29. The summed E-state index contributed by atoms with van der Waals surface area (Å²) < 4.78 is 22.8. The predicted molar refractivity (Wildman–Crippen MR) is 71.0 cm³/mol. The molecule has 0 saturated heterocycles. The standard InChI is InChI=1S/C10H16O3.C2H7O4P/c1-8(11)7-10(12)13-9-5-3-2-4-6-9;1-5-7(3,4)6-2/h7,9,11H,2-6H2,1H3;1-2H3,(H,3,4)/p-1/b8-7-;. The van der Waals surface area contributed by atoms with Crippen LogP contribution in [0.15, 0.2) is 11.8 Å². The van der Waals surface area contributed by atoms with E-state index in [1.54, 1.807) is 0 Å². The predicted octanol–water partition coefficient (Wildman–Crippen LogP) is 2.07. The van der Waals surface area contributed by atoms with Crippen LogP contribution < -0.4 is 4.89 Å². The first-order chi connectivity index (χ1) is 9.30. The van der Waals surface area contributed by atoms with Crippen LogP contribution in [0, 0.1) is 0 Å². The van der Waals surface area contributed by atoms with Crippen molar-refractivity contribution in [2.24, 2.45) is 0 Å². The van der Waals surface area contributed by atoms with Crippen molar-refractivity contribution in [3.8, 4) is 0 Å². The zero-order valence-corrected chi connectivity index (χ0v) is 12.9. The molecule has 0 spiro atoms. The Morgan fingerprint density at radius 1 is 1.25 bits per heavy atom. The number of allylic oxidation sites excluding steroid dienone is 1. The van der Waals surface area contributed by atoms with Gasteiger partial charge >= 0.3 is 5.97 Å². The minimum absolute atomic E-state index is 0.000749. The van der Waals surface area contributed by atoms with Crippen molar-refractivity contribution in [3.05, 3.63) is 11.8 Å². The van der Waals surface area contributed by atoms with Crippen LogP contribution in [-0.2, 0) is 23.1 Å². The largest absolute Gasteiger partial charge is 0.756 e. The molecule has 7 nitrogen and oxygen atoms in total. The Morgan fingerprint density at radius 2 is 1.75 bits per heavy atom. The lowest BCUT2D eigenvalue weighted by Crippen LogP contribution is -2.19. The van der Waals surface area contributed by atoms with Gasteiger partial charge in [-0.15, -0.1) is 0 Å². The van der Waals surface area contributed by atoms with Crippen molar-refractivity contribution in [3.63, 3.8) is 0 Å². The molecule has 0 bridgehead atoms. The van der Waals surface area contributed by atoms with Gasteiger partial charge in [0.25, 0.3) is 7.82 Å². The van der Waals surface area contributed by atoms with Gasteiger partial charge in [-0.1, -0.05) is 6.42 Å². The highest BCUT2D eigenvalue weighted by Gasteiger charge is 2.16.